The van der Waals surface area contributed by atoms with Crippen LogP contribution in [0.2, 0.25) is 0 Å². The van der Waals surface area contributed by atoms with Crippen molar-refractivity contribution in [2.45, 2.75) is 31.3 Å². The van der Waals surface area contributed by atoms with Gasteiger partial charge in [-0.2, -0.15) is 0 Å². The molecular formula is C13H19N2S. The van der Waals surface area contributed by atoms with E-state index < -0.39 is 0 Å². The normalized spacial score (nSPS) is 16.3. The van der Waals surface area contributed by atoms with Crippen LogP contribution in [0.25, 0.3) is 0 Å². The lowest BCUT2D eigenvalue weighted by atomic mass is 10.2. The molecule has 0 fully saturated rings. The summed E-state index contributed by atoms with van der Waals surface area (Å²) in [6.07, 6.45) is 3.21. The first-order valence-corrected chi connectivity index (χ1v) is 6.82. The lowest BCUT2D eigenvalue weighted by Crippen LogP contribution is -2.40. The van der Waals surface area contributed by atoms with Crippen molar-refractivity contribution in [2.24, 2.45) is 5.73 Å². The largest absolute Gasteiger partial charge is 0.355 e. The zero-order valence-corrected chi connectivity index (χ0v) is 10.8. The second-order valence-electron chi connectivity index (χ2n) is 3.99. The molecule has 2 N–H and O–H groups in total. The molecule has 0 aliphatic carbocycles. The fourth-order valence-electron chi connectivity index (χ4n) is 2.13. The van der Waals surface area contributed by atoms with Crippen LogP contribution in [0.1, 0.15) is 19.4 Å². The van der Waals surface area contributed by atoms with Gasteiger partial charge in [0.1, 0.15) is 0 Å². The van der Waals surface area contributed by atoms with Crippen molar-refractivity contribution in [1.82, 2.24) is 0 Å². The monoisotopic (exact) mass is 235 g/mol. The smallest absolute Gasteiger partial charge is 0.0800 e. The Hall–Kier alpha value is -0.670. The Kier molecular flexibility index (Phi) is 3.77. The number of anilines is 1. The minimum absolute atomic E-state index is 0.0446. The van der Waals surface area contributed by atoms with Gasteiger partial charge in [-0.05, 0) is 36.3 Å². The summed E-state index contributed by atoms with van der Waals surface area (Å²) < 4.78 is 0. The van der Waals surface area contributed by atoms with Crippen LogP contribution >= 0.6 is 11.8 Å². The molecular weight excluding hydrogens is 216 g/mol. The topological polar surface area (TPSA) is 29.3 Å². The van der Waals surface area contributed by atoms with Crippen LogP contribution in [-0.2, 0) is 6.42 Å². The first kappa shape index (κ1) is 11.8. The molecule has 0 saturated heterocycles. The summed E-state index contributed by atoms with van der Waals surface area (Å²) in [5.41, 5.74) is 8.83. The van der Waals surface area contributed by atoms with Crippen molar-refractivity contribution in [3.63, 3.8) is 0 Å². The third-order valence-corrected chi connectivity index (χ3v) is 3.88. The average Bonchev–Trinajstić information content (AvgIpc) is 2.71. The molecule has 1 aromatic carbocycles. The molecule has 1 atom stereocenters. The maximum absolute atomic E-state index is 6.08. The molecule has 0 bridgehead atoms. The first-order chi connectivity index (χ1) is 7.76. The molecule has 3 heteroatoms. The predicted octanol–water partition coefficient (Wildman–Crippen LogP) is 2.67. The van der Waals surface area contributed by atoms with E-state index in [2.05, 4.69) is 36.4 Å². The van der Waals surface area contributed by atoms with Gasteiger partial charge in [-0.1, -0.05) is 19.9 Å². The standard InChI is InChI=1S/C13H19N2S/c1-3-13(14)15-8-7-10-5-6-11(16-4-2)9-12(10)15/h3,5-6,9,13H,4,7-8,14H2,1-2H3. The molecule has 2 nitrogen and oxygen atoms in total. The summed E-state index contributed by atoms with van der Waals surface area (Å²) in [4.78, 5) is 3.63. The maximum Gasteiger partial charge on any atom is 0.0800 e. The van der Waals surface area contributed by atoms with Gasteiger partial charge < -0.3 is 10.6 Å². The first-order valence-electron chi connectivity index (χ1n) is 5.83. The molecule has 1 unspecified atom stereocenters. The van der Waals surface area contributed by atoms with E-state index in [4.69, 9.17) is 5.73 Å². The van der Waals surface area contributed by atoms with Crippen LogP contribution in [-0.4, -0.2) is 18.5 Å². The summed E-state index contributed by atoms with van der Waals surface area (Å²) in [6.45, 7) is 5.25. The number of fused-ring (bicyclic) bond motifs is 1. The predicted molar refractivity (Wildman–Crippen MR) is 71.8 cm³/mol. The van der Waals surface area contributed by atoms with Crippen molar-refractivity contribution in [3.05, 3.63) is 30.2 Å². The van der Waals surface area contributed by atoms with E-state index in [9.17, 15) is 0 Å². The third kappa shape index (κ3) is 2.20. The number of thioether (sulfide) groups is 1. The van der Waals surface area contributed by atoms with Gasteiger partial charge in [-0.3, -0.25) is 0 Å². The fraction of sp³-hybridized carbons (Fsp3) is 0.462. The Morgan fingerprint density at radius 2 is 2.38 bits per heavy atom. The lowest BCUT2D eigenvalue weighted by Gasteiger charge is -2.26. The quantitative estimate of drug-likeness (QED) is 0.814. The molecule has 0 spiro atoms. The molecule has 0 aromatic heterocycles. The summed E-state index contributed by atoms with van der Waals surface area (Å²) in [7, 11) is 0. The average molecular weight is 235 g/mol. The number of hydrogen-bond donors (Lipinski definition) is 1. The molecule has 16 heavy (non-hydrogen) atoms. The van der Waals surface area contributed by atoms with Crippen molar-refractivity contribution < 1.29 is 0 Å². The van der Waals surface area contributed by atoms with Crippen LogP contribution in [0.5, 0.6) is 0 Å². The van der Waals surface area contributed by atoms with Gasteiger partial charge in [-0.15, -0.1) is 11.8 Å². The Balaban J connectivity index is 2.26. The van der Waals surface area contributed by atoms with Crippen LogP contribution in [0.3, 0.4) is 0 Å². The second kappa shape index (κ2) is 5.11. The van der Waals surface area contributed by atoms with Gasteiger partial charge in [0.2, 0.25) is 0 Å². The highest BCUT2D eigenvalue weighted by Gasteiger charge is 2.22. The zero-order chi connectivity index (χ0) is 11.5. The van der Waals surface area contributed by atoms with Crippen LogP contribution in [0, 0.1) is 6.42 Å². The number of rotatable bonds is 4. The zero-order valence-electron chi connectivity index (χ0n) is 9.94. The Bertz CT molecular complexity index is 365. The summed E-state index contributed by atoms with van der Waals surface area (Å²) >= 11 is 1.88. The van der Waals surface area contributed by atoms with Crippen LogP contribution < -0.4 is 10.6 Å². The Morgan fingerprint density at radius 1 is 1.56 bits per heavy atom. The number of nitrogens with zero attached hydrogens (tertiary/aromatic N) is 1. The Labute approximate surface area is 102 Å². The molecule has 87 valence electrons. The summed E-state index contributed by atoms with van der Waals surface area (Å²) in [5.74, 6) is 1.12. The van der Waals surface area contributed by atoms with Crippen molar-refractivity contribution >= 4 is 17.4 Å². The molecule has 1 aliphatic heterocycles. The highest BCUT2D eigenvalue weighted by atomic mass is 32.2. The van der Waals surface area contributed by atoms with E-state index in [1.807, 2.05) is 18.7 Å². The van der Waals surface area contributed by atoms with E-state index in [-0.39, 0.29) is 6.17 Å². The van der Waals surface area contributed by atoms with Gasteiger partial charge in [0.25, 0.3) is 0 Å². The van der Waals surface area contributed by atoms with Gasteiger partial charge >= 0.3 is 0 Å². The Morgan fingerprint density at radius 3 is 3.06 bits per heavy atom. The maximum atomic E-state index is 6.08. The van der Waals surface area contributed by atoms with E-state index in [0.717, 1.165) is 18.7 Å². The highest BCUT2D eigenvalue weighted by molar-refractivity contribution is 7.99. The lowest BCUT2D eigenvalue weighted by molar-refractivity contribution is 0.699. The molecule has 2 rings (SSSR count). The van der Waals surface area contributed by atoms with Crippen molar-refractivity contribution in [3.8, 4) is 0 Å². The second-order valence-corrected chi connectivity index (χ2v) is 5.33. The third-order valence-electron chi connectivity index (χ3n) is 3.00. The molecule has 0 saturated carbocycles. The van der Waals surface area contributed by atoms with E-state index in [0.29, 0.717) is 0 Å². The molecule has 1 aliphatic rings. The van der Waals surface area contributed by atoms with Crippen molar-refractivity contribution in [1.29, 1.82) is 0 Å². The van der Waals surface area contributed by atoms with E-state index >= 15 is 0 Å². The molecule has 1 heterocycles. The van der Waals surface area contributed by atoms with Gasteiger partial charge in [0.05, 0.1) is 6.17 Å². The minimum Gasteiger partial charge on any atom is -0.355 e. The SMILES string of the molecule is C[CH]C(N)N1CCc2ccc(SCC)cc21. The van der Waals surface area contributed by atoms with Gasteiger partial charge in [0.15, 0.2) is 0 Å². The molecule has 1 radical (unpaired) electrons. The molecule has 1 aromatic rings. The van der Waals surface area contributed by atoms with Crippen LogP contribution in [0.15, 0.2) is 23.1 Å². The van der Waals surface area contributed by atoms with E-state index in [1.54, 1.807) is 0 Å². The van der Waals surface area contributed by atoms with E-state index in [1.165, 1.54) is 16.1 Å². The highest BCUT2D eigenvalue weighted by Crippen LogP contribution is 2.33. The fourth-order valence-corrected chi connectivity index (χ4v) is 2.82. The number of benzene rings is 1. The van der Waals surface area contributed by atoms with Crippen molar-refractivity contribution in [2.75, 3.05) is 17.2 Å². The summed E-state index contributed by atoms with van der Waals surface area (Å²) in [5, 5.41) is 0. The summed E-state index contributed by atoms with van der Waals surface area (Å²) in [6, 6.07) is 6.74. The minimum atomic E-state index is 0.0446. The molecule has 0 amide bonds. The van der Waals surface area contributed by atoms with Gasteiger partial charge in [0, 0.05) is 17.1 Å². The number of nitrogens with two attached hydrogens (primary N) is 1. The van der Waals surface area contributed by atoms with Gasteiger partial charge in [-0.25, -0.2) is 0 Å². The number of hydrogen-bond acceptors (Lipinski definition) is 3. The van der Waals surface area contributed by atoms with Crippen LogP contribution in [0.4, 0.5) is 5.69 Å².